The van der Waals surface area contributed by atoms with Crippen molar-refractivity contribution in [1.82, 2.24) is 15.0 Å². The van der Waals surface area contributed by atoms with Gasteiger partial charge in [-0.3, -0.25) is 9.59 Å². The molecule has 1 aliphatic rings. The second kappa shape index (κ2) is 7.68. The minimum atomic E-state index is -4.61. The van der Waals surface area contributed by atoms with E-state index in [0.29, 0.717) is 30.5 Å². The summed E-state index contributed by atoms with van der Waals surface area (Å²) in [6.45, 7) is 1.92. The number of hydrogen-bond donors (Lipinski definition) is 1. The number of carbonyl (C=O) groups excluding carboxylic acids is 2. The van der Waals surface area contributed by atoms with Gasteiger partial charge in [0.05, 0.1) is 27.9 Å². The van der Waals surface area contributed by atoms with Crippen molar-refractivity contribution in [3.8, 4) is 11.3 Å². The maximum Gasteiger partial charge on any atom is 0.417 e. The van der Waals surface area contributed by atoms with Gasteiger partial charge in [0, 0.05) is 12.1 Å². The zero-order chi connectivity index (χ0) is 22.3. The summed E-state index contributed by atoms with van der Waals surface area (Å²) in [5, 5.41) is 4.12. The maximum atomic E-state index is 13.6. The highest BCUT2D eigenvalue weighted by atomic mass is 19.4. The third-order valence-electron chi connectivity index (χ3n) is 5.45. The van der Waals surface area contributed by atoms with Crippen LogP contribution < -0.4 is 5.73 Å². The Bertz CT molecular complexity index is 1170. The van der Waals surface area contributed by atoms with E-state index in [4.69, 9.17) is 10.3 Å². The molecule has 1 atom stereocenters. The van der Waals surface area contributed by atoms with Gasteiger partial charge in [-0.25, -0.2) is 4.98 Å². The molecule has 1 saturated heterocycles. The number of rotatable bonds is 3. The standard InChI is InChI=1S/C21H19F3N4O3/c1-11-17-13(20(30)28-9-5-4-8-16(28)18(25)29)10-15(26-19(17)31-27-11)12-6-2-3-7-14(12)21(22,23)24/h2-3,6-7,10,16H,4-5,8-9H2,1H3,(H2,25,29). The van der Waals surface area contributed by atoms with Crippen molar-refractivity contribution in [3.63, 3.8) is 0 Å². The molecule has 2 aromatic heterocycles. The van der Waals surface area contributed by atoms with Crippen LogP contribution in [0.3, 0.4) is 0 Å². The number of fused-ring (bicyclic) bond motifs is 1. The topological polar surface area (TPSA) is 102 Å². The van der Waals surface area contributed by atoms with Crippen molar-refractivity contribution < 1.29 is 27.3 Å². The number of hydrogen-bond acceptors (Lipinski definition) is 5. The van der Waals surface area contributed by atoms with Crippen LogP contribution in [0.5, 0.6) is 0 Å². The summed E-state index contributed by atoms with van der Waals surface area (Å²) >= 11 is 0. The lowest BCUT2D eigenvalue weighted by molar-refractivity contribution is -0.137. The molecule has 31 heavy (non-hydrogen) atoms. The smallest absolute Gasteiger partial charge is 0.368 e. The summed E-state index contributed by atoms with van der Waals surface area (Å²) in [5.74, 6) is -1.14. The van der Waals surface area contributed by atoms with Crippen LogP contribution in [0.25, 0.3) is 22.4 Å². The first-order valence-electron chi connectivity index (χ1n) is 9.72. The number of benzene rings is 1. The summed E-state index contributed by atoms with van der Waals surface area (Å²) in [4.78, 5) is 30.9. The largest absolute Gasteiger partial charge is 0.417 e. The minimum Gasteiger partial charge on any atom is -0.368 e. The molecule has 3 heterocycles. The molecule has 7 nitrogen and oxygen atoms in total. The third kappa shape index (κ3) is 3.73. The predicted octanol–water partition coefficient (Wildman–Crippen LogP) is 3.70. The number of nitrogens with two attached hydrogens (primary N) is 1. The van der Waals surface area contributed by atoms with Gasteiger partial charge in [-0.15, -0.1) is 0 Å². The van der Waals surface area contributed by atoms with Gasteiger partial charge >= 0.3 is 6.18 Å². The highest BCUT2D eigenvalue weighted by molar-refractivity contribution is 6.08. The second-order valence-electron chi connectivity index (χ2n) is 7.46. The number of amides is 2. The van der Waals surface area contributed by atoms with Crippen LogP contribution in [0.15, 0.2) is 34.9 Å². The number of alkyl halides is 3. The summed E-state index contributed by atoms with van der Waals surface area (Å²) in [7, 11) is 0. The van der Waals surface area contributed by atoms with Gasteiger partial charge in [0.25, 0.3) is 11.6 Å². The van der Waals surface area contributed by atoms with Crippen molar-refractivity contribution in [1.29, 1.82) is 0 Å². The summed E-state index contributed by atoms with van der Waals surface area (Å²) < 4.78 is 45.8. The molecule has 0 aliphatic carbocycles. The molecule has 10 heteroatoms. The van der Waals surface area contributed by atoms with Crippen LogP contribution in [0.1, 0.15) is 40.9 Å². The zero-order valence-electron chi connectivity index (χ0n) is 16.6. The zero-order valence-corrected chi connectivity index (χ0v) is 16.6. The number of aryl methyl sites for hydroxylation is 1. The fourth-order valence-corrected chi connectivity index (χ4v) is 3.98. The minimum absolute atomic E-state index is 0.0528. The molecule has 1 aromatic carbocycles. The summed E-state index contributed by atoms with van der Waals surface area (Å²) in [6.07, 6.45) is -2.74. The van der Waals surface area contributed by atoms with E-state index in [2.05, 4.69) is 10.1 Å². The van der Waals surface area contributed by atoms with Crippen molar-refractivity contribution in [3.05, 3.63) is 47.2 Å². The van der Waals surface area contributed by atoms with Gasteiger partial charge in [0.2, 0.25) is 5.91 Å². The number of piperidine rings is 1. The molecular formula is C21H19F3N4O3. The molecular weight excluding hydrogens is 413 g/mol. The maximum absolute atomic E-state index is 13.6. The van der Waals surface area contributed by atoms with Crippen molar-refractivity contribution in [2.45, 2.75) is 38.4 Å². The van der Waals surface area contributed by atoms with Crippen molar-refractivity contribution >= 4 is 22.9 Å². The molecule has 4 rings (SSSR count). The van der Waals surface area contributed by atoms with Crippen molar-refractivity contribution in [2.24, 2.45) is 5.73 Å². The Kier molecular flexibility index (Phi) is 5.16. The molecule has 1 fully saturated rings. The van der Waals surface area contributed by atoms with E-state index in [-0.39, 0.29) is 22.5 Å². The van der Waals surface area contributed by atoms with Gasteiger partial charge < -0.3 is 15.2 Å². The number of halogens is 3. The highest BCUT2D eigenvalue weighted by Crippen LogP contribution is 2.38. The molecule has 0 radical (unpaired) electrons. The molecule has 1 aliphatic heterocycles. The number of primary amides is 1. The first kappa shape index (κ1) is 20.8. The van der Waals surface area contributed by atoms with Crippen LogP contribution in [0, 0.1) is 6.92 Å². The lowest BCUT2D eigenvalue weighted by Crippen LogP contribution is -2.50. The Labute approximate surface area is 175 Å². The van der Waals surface area contributed by atoms with Crippen LogP contribution in [0.2, 0.25) is 0 Å². The monoisotopic (exact) mass is 432 g/mol. The average molecular weight is 432 g/mol. The van der Waals surface area contributed by atoms with Gasteiger partial charge in [0.1, 0.15) is 6.04 Å². The molecule has 1 unspecified atom stereocenters. The second-order valence-corrected chi connectivity index (χ2v) is 7.46. The van der Waals surface area contributed by atoms with Gasteiger partial charge in [0.15, 0.2) is 0 Å². The van der Waals surface area contributed by atoms with E-state index in [9.17, 15) is 22.8 Å². The summed E-state index contributed by atoms with van der Waals surface area (Å²) in [5.41, 5.74) is 4.72. The van der Waals surface area contributed by atoms with Gasteiger partial charge in [-0.1, -0.05) is 23.4 Å². The first-order valence-corrected chi connectivity index (χ1v) is 9.72. The van der Waals surface area contributed by atoms with Crippen LogP contribution in [-0.2, 0) is 11.0 Å². The quantitative estimate of drug-likeness (QED) is 0.680. The Balaban J connectivity index is 1.90. The Morgan fingerprint density at radius 2 is 1.97 bits per heavy atom. The van der Waals surface area contributed by atoms with E-state index in [1.807, 2.05) is 0 Å². The SMILES string of the molecule is Cc1noc2nc(-c3ccccc3C(F)(F)F)cc(C(=O)N3CCCCC3C(N)=O)c12. The molecule has 2 N–H and O–H groups in total. The van der Waals surface area contributed by atoms with E-state index in [1.54, 1.807) is 6.92 Å². The number of aromatic nitrogens is 2. The molecule has 162 valence electrons. The lowest BCUT2D eigenvalue weighted by Gasteiger charge is -2.33. The van der Waals surface area contributed by atoms with Crippen molar-refractivity contribution in [2.75, 3.05) is 6.54 Å². The molecule has 0 saturated carbocycles. The number of nitrogens with zero attached hydrogens (tertiary/aromatic N) is 3. The van der Waals surface area contributed by atoms with E-state index >= 15 is 0 Å². The van der Waals surface area contributed by atoms with E-state index in [0.717, 1.165) is 12.5 Å². The van der Waals surface area contributed by atoms with Crippen LogP contribution in [0.4, 0.5) is 13.2 Å². The van der Waals surface area contributed by atoms with E-state index in [1.165, 1.54) is 29.2 Å². The fourth-order valence-electron chi connectivity index (χ4n) is 3.98. The fraction of sp³-hybridized carbons (Fsp3) is 0.333. The number of pyridine rings is 1. The Morgan fingerprint density at radius 3 is 2.68 bits per heavy atom. The molecule has 0 bridgehead atoms. The number of carbonyl (C=O) groups is 2. The Hall–Kier alpha value is -3.43. The number of likely N-dealkylation sites (tertiary alicyclic amines) is 1. The first-order chi connectivity index (χ1) is 14.7. The van der Waals surface area contributed by atoms with Gasteiger partial charge in [-0.2, -0.15) is 13.2 Å². The Morgan fingerprint density at radius 1 is 1.23 bits per heavy atom. The van der Waals surface area contributed by atoms with Crippen LogP contribution in [-0.4, -0.2) is 39.4 Å². The predicted molar refractivity (Wildman–Crippen MR) is 105 cm³/mol. The molecule has 3 aromatic rings. The lowest BCUT2D eigenvalue weighted by atomic mass is 9.97. The summed E-state index contributed by atoms with van der Waals surface area (Å²) in [6, 6.07) is 5.48. The average Bonchev–Trinajstić information content (AvgIpc) is 3.12. The van der Waals surface area contributed by atoms with Gasteiger partial charge in [-0.05, 0) is 38.3 Å². The third-order valence-corrected chi connectivity index (χ3v) is 5.45. The van der Waals surface area contributed by atoms with E-state index < -0.39 is 29.6 Å². The molecule has 2 amide bonds. The highest BCUT2D eigenvalue weighted by Gasteiger charge is 2.36. The molecule has 0 spiro atoms. The van der Waals surface area contributed by atoms with Crippen LogP contribution >= 0.6 is 0 Å². The normalized spacial score (nSPS) is 17.2.